The van der Waals surface area contributed by atoms with Crippen LogP contribution in [0.3, 0.4) is 0 Å². The fourth-order valence-corrected chi connectivity index (χ4v) is 3.70. The summed E-state index contributed by atoms with van der Waals surface area (Å²) in [6, 6.07) is 4.20. The second-order valence-corrected chi connectivity index (χ2v) is 7.95. The monoisotopic (exact) mass is 478 g/mol. The van der Waals surface area contributed by atoms with Crippen molar-refractivity contribution in [2.24, 2.45) is 0 Å². The average Bonchev–Trinajstić information content (AvgIpc) is 2.80. The average molecular weight is 478 g/mol. The molecule has 0 bridgehead atoms. The number of aliphatic hydroxyl groups excluding tert-OH is 7. The van der Waals surface area contributed by atoms with E-state index in [-0.39, 0.29) is 24.5 Å². The molecule has 2 aliphatic heterocycles. The first-order chi connectivity index (χ1) is 15.7. The van der Waals surface area contributed by atoms with Crippen LogP contribution in [0.25, 0.3) is 0 Å². The minimum atomic E-state index is -1.76. The van der Waals surface area contributed by atoms with Gasteiger partial charge in [0.1, 0.15) is 48.8 Å². The number of phenols is 2. The smallest absolute Gasteiger partial charge is 0.187 e. The van der Waals surface area contributed by atoms with Crippen molar-refractivity contribution >= 4 is 0 Å². The molecule has 0 aromatic heterocycles. The van der Waals surface area contributed by atoms with E-state index < -0.39 is 74.6 Å². The van der Waals surface area contributed by atoms with Gasteiger partial charge in [-0.2, -0.15) is 0 Å². The number of benzene rings is 1. The van der Waals surface area contributed by atoms with Crippen LogP contribution in [0.1, 0.15) is 5.56 Å². The summed E-state index contributed by atoms with van der Waals surface area (Å²) in [7, 11) is 0. The maximum atomic E-state index is 10.7. The number of phenolic OH excluding ortho intramolecular Hbond substituents is 2. The molecule has 10 atom stereocenters. The third-order valence-electron chi connectivity index (χ3n) is 5.67. The van der Waals surface area contributed by atoms with E-state index >= 15 is 0 Å². The van der Waals surface area contributed by atoms with Gasteiger partial charge in [-0.25, -0.2) is 0 Å². The number of ether oxygens (including phenoxy) is 4. The molecule has 0 saturated carbocycles. The number of aliphatic hydroxyl groups is 7. The fraction of sp³-hybridized carbons (Fsp3) is 0.700. The molecule has 0 amide bonds. The first-order valence-corrected chi connectivity index (χ1v) is 10.4. The van der Waals surface area contributed by atoms with Gasteiger partial charge in [-0.3, -0.25) is 0 Å². The van der Waals surface area contributed by atoms with Crippen LogP contribution in [0.5, 0.6) is 11.5 Å². The molecule has 9 N–H and O–H groups in total. The predicted octanol–water partition coefficient (Wildman–Crippen LogP) is -3.72. The lowest BCUT2D eigenvalue weighted by Gasteiger charge is -2.45. The minimum absolute atomic E-state index is 0.0209. The number of hydrogen-bond donors (Lipinski definition) is 9. The van der Waals surface area contributed by atoms with Gasteiger partial charge in [0.2, 0.25) is 0 Å². The zero-order valence-electron chi connectivity index (χ0n) is 17.5. The normalized spacial score (nSPS) is 39.5. The maximum Gasteiger partial charge on any atom is 0.187 e. The molecule has 0 unspecified atom stereocenters. The molecular weight excluding hydrogens is 448 g/mol. The second-order valence-electron chi connectivity index (χ2n) is 7.95. The van der Waals surface area contributed by atoms with E-state index in [0.717, 1.165) is 0 Å². The van der Waals surface area contributed by atoms with Gasteiger partial charge < -0.3 is 64.9 Å². The van der Waals surface area contributed by atoms with Crippen molar-refractivity contribution in [2.75, 3.05) is 19.8 Å². The maximum absolute atomic E-state index is 10.7. The summed E-state index contributed by atoms with van der Waals surface area (Å²) in [6.07, 6.45) is -15.0. The Balaban J connectivity index is 1.66. The van der Waals surface area contributed by atoms with Gasteiger partial charge in [0, 0.05) is 0 Å². The van der Waals surface area contributed by atoms with Crippen LogP contribution in [0.15, 0.2) is 18.2 Å². The number of aromatic hydroxyl groups is 2. The fourth-order valence-electron chi connectivity index (χ4n) is 3.70. The van der Waals surface area contributed by atoms with Crippen LogP contribution >= 0.6 is 0 Å². The molecular formula is C20H30O13. The van der Waals surface area contributed by atoms with E-state index in [9.17, 15) is 46.0 Å². The van der Waals surface area contributed by atoms with E-state index in [1.807, 2.05) is 0 Å². The Hall–Kier alpha value is -1.62. The highest BCUT2D eigenvalue weighted by Gasteiger charge is 2.50. The van der Waals surface area contributed by atoms with Crippen LogP contribution in [0, 0.1) is 0 Å². The molecule has 2 heterocycles. The van der Waals surface area contributed by atoms with Gasteiger partial charge in [0.15, 0.2) is 24.1 Å². The van der Waals surface area contributed by atoms with Crippen molar-refractivity contribution in [3.8, 4) is 11.5 Å². The summed E-state index contributed by atoms with van der Waals surface area (Å²) in [5, 5.41) is 88.9. The van der Waals surface area contributed by atoms with Crippen molar-refractivity contribution in [3.63, 3.8) is 0 Å². The molecule has 2 saturated heterocycles. The Morgan fingerprint density at radius 3 is 2.00 bits per heavy atom. The Bertz CT molecular complexity index is 761. The summed E-state index contributed by atoms with van der Waals surface area (Å²) >= 11 is 0. The highest BCUT2D eigenvalue weighted by molar-refractivity contribution is 5.40. The third kappa shape index (κ3) is 5.72. The largest absolute Gasteiger partial charge is 0.504 e. The highest BCUT2D eigenvalue weighted by Crippen LogP contribution is 2.30. The van der Waals surface area contributed by atoms with Crippen LogP contribution in [0.2, 0.25) is 0 Å². The third-order valence-corrected chi connectivity index (χ3v) is 5.67. The predicted molar refractivity (Wildman–Crippen MR) is 106 cm³/mol. The summed E-state index contributed by atoms with van der Waals surface area (Å²) in [6.45, 7) is -1.37. The quantitative estimate of drug-likeness (QED) is 0.164. The molecule has 13 heteroatoms. The zero-order valence-corrected chi connectivity index (χ0v) is 17.5. The van der Waals surface area contributed by atoms with Gasteiger partial charge >= 0.3 is 0 Å². The first kappa shape index (κ1) is 26.0. The van der Waals surface area contributed by atoms with Gasteiger partial charge in [-0.05, 0) is 24.1 Å². The molecule has 2 fully saturated rings. The van der Waals surface area contributed by atoms with E-state index in [1.54, 1.807) is 6.07 Å². The van der Waals surface area contributed by atoms with Gasteiger partial charge in [-0.15, -0.1) is 0 Å². The highest BCUT2D eigenvalue weighted by atomic mass is 16.7. The van der Waals surface area contributed by atoms with E-state index in [2.05, 4.69) is 0 Å². The van der Waals surface area contributed by atoms with E-state index in [4.69, 9.17) is 18.9 Å². The molecule has 1 aromatic carbocycles. The lowest BCUT2D eigenvalue weighted by Crippen LogP contribution is -2.64. The number of hydrogen-bond acceptors (Lipinski definition) is 13. The topological polar surface area (TPSA) is 219 Å². The Kier molecular flexibility index (Phi) is 8.82. The first-order valence-electron chi connectivity index (χ1n) is 10.4. The van der Waals surface area contributed by atoms with E-state index in [1.165, 1.54) is 12.1 Å². The summed E-state index contributed by atoms with van der Waals surface area (Å²) < 4.78 is 21.7. The van der Waals surface area contributed by atoms with Crippen LogP contribution in [-0.4, -0.2) is 127 Å². The SMILES string of the molecule is OC[C@H]1O[C@@H](O[C@@H]2[C@@H](O)[C@H](OCCc3ccc(O)c(O)c3)O[C@H](CO)[C@H]2O)[C@H](O)[C@H](O)[C@@H]1O. The Labute approximate surface area is 188 Å². The second kappa shape index (κ2) is 11.2. The minimum Gasteiger partial charge on any atom is -0.504 e. The zero-order chi connectivity index (χ0) is 24.3. The summed E-state index contributed by atoms with van der Waals surface area (Å²) in [5.41, 5.74) is 0.614. The molecule has 0 spiro atoms. The van der Waals surface area contributed by atoms with Crippen molar-refractivity contribution in [1.82, 2.24) is 0 Å². The van der Waals surface area contributed by atoms with Crippen molar-refractivity contribution < 1.29 is 64.9 Å². The lowest BCUT2D eigenvalue weighted by molar-refractivity contribution is -0.360. The summed E-state index contributed by atoms with van der Waals surface area (Å²) in [5.74, 6) is -0.587. The van der Waals surface area contributed by atoms with Crippen molar-refractivity contribution in [3.05, 3.63) is 23.8 Å². The molecule has 0 aliphatic carbocycles. The molecule has 188 valence electrons. The molecule has 13 nitrogen and oxygen atoms in total. The standard InChI is InChI=1S/C20H30O13/c21-6-11-13(25)15(27)16(28)20(32-11)33-18-14(26)12(7-22)31-19(17(18)29)30-4-3-8-1-2-9(23)10(24)5-8/h1-2,5,11-29H,3-4,6-7H2/t11-,12-,13-,14-,15-,16-,17-,18+,19-,20+/m1/s1. The molecule has 0 radical (unpaired) electrons. The molecule has 2 aliphatic rings. The van der Waals surface area contributed by atoms with Gasteiger partial charge in [0.05, 0.1) is 19.8 Å². The molecule has 1 aromatic rings. The number of rotatable bonds is 8. The van der Waals surface area contributed by atoms with Crippen LogP contribution in [0.4, 0.5) is 0 Å². The van der Waals surface area contributed by atoms with E-state index in [0.29, 0.717) is 5.56 Å². The van der Waals surface area contributed by atoms with Crippen molar-refractivity contribution in [2.45, 2.75) is 67.8 Å². The lowest BCUT2D eigenvalue weighted by atomic mass is 9.97. The molecule has 3 rings (SSSR count). The Morgan fingerprint density at radius 1 is 0.727 bits per heavy atom. The van der Waals surface area contributed by atoms with Gasteiger partial charge in [0.25, 0.3) is 0 Å². The van der Waals surface area contributed by atoms with Crippen molar-refractivity contribution in [1.29, 1.82) is 0 Å². The van der Waals surface area contributed by atoms with Crippen LogP contribution in [-0.2, 0) is 25.4 Å². The van der Waals surface area contributed by atoms with Crippen LogP contribution < -0.4 is 0 Å². The summed E-state index contributed by atoms with van der Waals surface area (Å²) in [4.78, 5) is 0. The van der Waals surface area contributed by atoms with Gasteiger partial charge in [-0.1, -0.05) is 6.07 Å². The molecule has 33 heavy (non-hydrogen) atoms. The Morgan fingerprint density at radius 2 is 1.36 bits per heavy atom.